The van der Waals surface area contributed by atoms with Gasteiger partial charge in [-0.05, 0) is 60.8 Å². The summed E-state index contributed by atoms with van der Waals surface area (Å²) >= 11 is 1.14. The summed E-state index contributed by atoms with van der Waals surface area (Å²) in [7, 11) is 0. The monoisotopic (exact) mass is 712 g/mol. The van der Waals surface area contributed by atoms with E-state index in [4.69, 9.17) is 5.11 Å². The Kier molecular flexibility index (Phi) is 10.4. The minimum absolute atomic E-state index is 0.0230. The van der Waals surface area contributed by atoms with Crippen LogP contribution < -0.4 is 15.6 Å². The van der Waals surface area contributed by atoms with Crippen LogP contribution in [-0.2, 0) is 17.4 Å². The van der Waals surface area contributed by atoms with Crippen LogP contribution >= 0.6 is 11.8 Å². The smallest absolute Gasteiger partial charge is 0.481 e. The van der Waals surface area contributed by atoms with E-state index in [1.54, 1.807) is 30.3 Å². The van der Waals surface area contributed by atoms with Gasteiger partial charge >= 0.3 is 18.5 Å². The molecular weight excluding hydrogens is 684 g/mol. The molecule has 49 heavy (non-hydrogen) atoms. The molecule has 0 fully saturated rings. The number of benzene rings is 3. The van der Waals surface area contributed by atoms with Gasteiger partial charge in [-0.2, -0.15) is 13.2 Å². The summed E-state index contributed by atoms with van der Waals surface area (Å²) < 4.78 is 117. The molecule has 5 rings (SSSR count). The number of carboxylic acid groups (broad SMARTS) is 1. The zero-order valence-electron chi connectivity index (χ0n) is 25.6. The first-order chi connectivity index (χ1) is 23.1. The summed E-state index contributed by atoms with van der Waals surface area (Å²) in [5.74, 6) is -4.12. The quantitative estimate of drug-likeness (QED) is 0.120. The molecule has 2 atom stereocenters. The van der Waals surface area contributed by atoms with Crippen molar-refractivity contribution < 1.29 is 49.8 Å². The largest absolute Gasteiger partial charge is 0.573 e. The Bertz CT molecular complexity index is 1910. The number of rotatable bonds is 11. The zero-order valence-corrected chi connectivity index (χ0v) is 26.4. The number of thioether (sulfide) groups is 1. The van der Waals surface area contributed by atoms with E-state index >= 15 is 8.78 Å². The van der Waals surface area contributed by atoms with E-state index in [-0.39, 0.29) is 46.9 Å². The SMILES string of the molecule is Cc1c(Cc2c(F)cccc2C(F)(F)F)c2n(c(=O)c1-c1ccc(OC(F)(F)F)cc1F)C(C(NCCCC(=O)O)c1ccccc1)CS2. The highest BCUT2D eigenvalue weighted by Crippen LogP contribution is 2.45. The Labute approximate surface area is 278 Å². The standard InChI is InChI=1S/C34H28F8N2O4S/c1-18-22(16-23-24(33(37,38)39)9-5-10-25(23)35)32-44(31(47)29(18)21-13-12-20(15-26(21)36)48-34(40,41)42)27(17-49-32)30(19-7-3-2-4-8-19)43-14-6-11-28(45)46/h2-5,7-10,12-13,15,27,30,43H,6,11,14,16-17H2,1H3,(H,45,46). The van der Waals surface area contributed by atoms with Crippen LogP contribution in [0.4, 0.5) is 35.1 Å². The van der Waals surface area contributed by atoms with E-state index in [0.29, 0.717) is 11.6 Å². The molecule has 15 heteroatoms. The number of carboxylic acids is 1. The van der Waals surface area contributed by atoms with E-state index in [0.717, 1.165) is 42.1 Å². The maximum Gasteiger partial charge on any atom is 0.573 e. The van der Waals surface area contributed by atoms with Crippen molar-refractivity contribution in [3.63, 3.8) is 0 Å². The van der Waals surface area contributed by atoms with E-state index in [9.17, 15) is 35.9 Å². The lowest BCUT2D eigenvalue weighted by Crippen LogP contribution is -2.36. The molecule has 1 aliphatic rings. The Balaban J connectivity index is 1.73. The molecule has 1 aliphatic heterocycles. The third-order valence-corrected chi connectivity index (χ3v) is 9.38. The number of ether oxygens (including phenoxy) is 1. The normalized spacial score (nSPS) is 15.2. The maximum atomic E-state index is 15.6. The van der Waals surface area contributed by atoms with Crippen LogP contribution in [0.25, 0.3) is 11.1 Å². The van der Waals surface area contributed by atoms with Crippen LogP contribution in [0.2, 0.25) is 0 Å². The molecule has 1 aromatic heterocycles. The van der Waals surface area contributed by atoms with Gasteiger partial charge in [-0.25, -0.2) is 8.78 Å². The Morgan fingerprint density at radius 2 is 1.71 bits per heavy atom. The predicted octanol–water partition coefficient (Wildman–Crippen LogP) is 8.45. The van der Waals surface area contributed by atoms with Gasteiger partial charge < -0.3 is 15.2 Å². The van der Waals surface area contributed by atoms with Crippen LogP contribution in [0.15, 0.2) is 76.6 Å². The van der Waals surface area contributed by atoms with Gasteiger partial charge in [0.2, 0.25) is 0 Å². The summed E-state index contributed by atoms with van der Waals surface area (Å²) in [6.45, 7) is 1.58. The lowest BCUT2D eigenvalue weighted by atomic mass is 9.91. The highest BCUT2D eigenvalue weighted by Gasteiger charge is 2.39. The average molecular weight is 713 g/mol. The number of nitrogens with one attached hydrogen (secondary N) is 1. The fraction of sp³-hybridized carbons (Fsp3) is 0.294. The van der Waals surface area contributed by atoms with Crippen molar-refractivity contribution in [2.24, 2.45) is 0 Å². The maximum absolute atomic E-state index is 15.6. The van der Waals surface area contributed by atoms with Crippen molar-refractivity contribution in [2.75, 3.05) is 12.3 Å². The van der Waals surface area contributed by atoms with Crippen molar-refractivity contribution in [1.82, 2.24) is 9.88 Å². The van der Waals surface area contributed by atoms with Crippen molar-refractivity contribution in [2.45, 2.75) is 55.8 Å². The molecule has 2 N–H and O–H groups in total. The molecule has 260 valence electrons. The molecule has 6 nitrogen and oxygen atoms in total. The second-order valence-electron chi connectivity index (χ2n) is 11.3. The molecule has 4 aromatic rings. The third-order valence-electron chi connectivity index (χ3n) is 8.16. The highest BCUT2D eigenvalue weighted by molar-refractivity contribution is 7.99. The van der Waals surface area contributed by atoms with Crippen LogP contribution in [-0.4, -0.2) is 34.3 Å². The minimum Gasteiger partial charge on any atom is -0.481 e. The number of fused-ring (bicyclic) bond motifs is 1. The zero-order chi connectivity index (χ0) is 35.7. The molecular formula is C34H28F8N2O4S. The Morgan fingerprint density at radius 1 is 1.00 bits per heavy atom. The van der Waals surface area contributed by atoms with Gasteiger partial charge in [0.25, 0.3) is 5.56 Å². The molecule has 0 saturated heterocycles. The number of hydrogen-bond donors (Lipinski definition) is 2. The molecule has 0 radical (unpaired) electrons. The summed E-state index contributed by atoms with van der Waals surface area (Å²) in [4.78, 5) is 25.6. The van der Waals surface area contributed by atoms with Gasteiger partial charge in [-0.1, -0.05) is 36.4 Å². The van der Waals surface area contributed by atoms with Gasteiger partial charge in [0.1, 0.15) is 17.4 Å². The first kappa shape index (κ1) is 35.9. The second kappa shape index (κ2) is 14.2. The first-order valence-corrected chi connectivity index (χ1v) is 15.9. The number of halogens is 8. The van der Waals surface area contributed by atoms with Crippen LogP contribution in [0.3, 0.4) is 0 Å². The highest BCUT2D eigenvalue weighted by atomic mass is 32.2. The van der Waals surface area contributed by atoms with Crippen molar-refractivity contribution in [3.05, 3.63) is 117 Å². The number of nitrogens with zero attached hydrogens (tertiary/aromatic N) is 1. The van der Waals surface area contributed by atoms with Crippen molar-refractivity contribution in [1.29, 1.82) is 0 Å². The molecule has 0 bridgehead atoms. The summed E-state index contributed by atoms with van der Waals surface area (Å²) in [5.41, 5.74) is -2.65. The van der Waals surface area contributed by atoms with E-state index in [2.05, 4.69) is 10.1 Å². The van der Waals surface area contributed by atoms with Gasteiger partial charge in [0.05, 0.1) is 28.2 Å². The second-order valence-corrected chi connectivity index (χ2v) is 12.3. The number of alkyl halides is 6. The molecule has 0 amide bonds. The number of pyridine rings is 1. The summed E-state index contributed by atoms with van der Waals surface area (Å²) in [6, 6.07) is 12.1. The van der Waals surface area contributed by atoms with Crippen LogP contribution in [0.5, 0.6) is 5.75 Å². The molecule has 2 heterocycles. The van der Waals surface area contributed by atoms with Gasteiger partial charge in [-0.3, -0.25) is 14.2 Å². The number of hydrogen-bond acceptors (Lipinski definition) is 5. The molecule has 0 aliphatic carbocycles. The minimum atomic E-state index is -5.13. The third kappa shape index (κ3) is 7.93. The number of aromatic nitrogens is 1. The first-order valence-electron chi connectivity index (χ1n) is 14.9. The molecule has 0 saturated carbocycles. The van der Waals surface area contributed by atoms with E-state index in [1.807, 2.05) is 0 Å². The molecule has 2 unspecified atom stereocenters. The van der Waals surface area contributed by atoms with Crippen molar-refractivity contribution >= 4 is 17.7 Å². The number of aliphatic carboxylic acids is 1. The lowest BCUT2D eigenvalue weighted by Gasteiger charge is -2.28. The van der Waals surface area contributed by atoms with Gasteiger partial charge in [0.15, 0.2) is 0 Å². The predicted molar refractivity (Wildman–Crippen MR) is 166 cm³/mol. The van der Waals surface area contributed by atoms with Crippen molar-refractivity contribution in [3.8, 4) is 16.9 Å². The molecule has 3 aromatic carbocycles. The van der Waals surface area contributed by atoms with Gasteiger partial charge in [-0.15, -0.1) is 24.9 Å². The lowest BCUT2D eigenvalue weighted by molar-refractivity contribution is -0.274. The van der Waals surface area contributed by atoms with Gasteiger partial charge in [0, 0.05) is 35.8 Å². The fourth-order valence-electron chi connectivity index (χ4n) is 6.01. The topological polar surface area (TPSA) is 80.6 Å². The van der Waals surface area contributed by atoms with Crippen LogP contribution in [0, 0.1) is 18.6 Å². The van der Waals surface area contributed by atoms with Crippen LogP contribution in [0.1, 0.15) is 52.7 Å². The Morgan fingerprint density at radius 3 is 2.35 bits per heavy atom. The molecule has 0 spiro atoms. The summed E-state index contributed by atoms with van der Waals surface area (Å²) in [6.07, 6.45) is -10.6. The average Bonchev–Trinajstić information content (AvgIpc) is 3.45. The Hall–Kier alpha value is -4.37. The fourth-order valence-corrected chi connectivity index (χ4v) is 7.43. The van der Waals surface area contributed by atoms with E-state index in [1.165, 1.54) is 11.5 Å². The van der Waals surface area contributed by atoms with E-state index < -0.39 is 76.6 Å². The number of carbonyl (C=O) groups is 1. The summed E-state index contributed by atoms with van der Waals surface area (Å²) in [5, 5.41) is 12.6.